The molecule has 1 fully saturated rings. The van der Waals surface area contributed by atoms with Crippen LogP contribution in [-0.4, -0.2) is 61.2 Å². The molecule has 1 saturated heterocycles. The van der Waals surface area contributed by atoms with Gasteiger partial charge in [-0.05, 0) is 30.3 Å². The number of para-hydroxylation sites is 1. The maximum atomic E-state index is 13.7. The molecule has 32 heavy (non-hydrogen) atoms. The lowest BCUT2D eigenvalue weighted by molar-refractivity contribution is -0.133. The molecule has 0 saturated carbocycles. The number of hydrogen-bond acceptors (Lipinski definition) is 5. The molecule has 2 aromatic carbocycles. The van der Waals surface area contributed by atoms with Gasteiger partial charge in [0, 0.05) is 27.2 Å². The van der Waals surface area contributed by atoms with E-state index in [0.717, 1.165) is 4.31 Å². The monoisotopic (exact) mass is 478 g/mol. The molecule has 1 amide bonds. The van der Waals surface area contributed by atoms with Crippen LogP contribution in [-0.2, 0) is 33.7 Å². The number of sulfonamides is 1. The number of halogens is 1. The lowest BCUT2D eigenvalue weighted by atomic mass is 10.3. The van der Waals surface area contributed by atoms with Gasteiger partial charge in [0.2, 0.25) is 5.91 Å². The van der Waals surface area contributed by atoms with Crippen molar-refractivity contribution in [2.24, 2.45) is 14.1 Å². The Balaban J connectivity index is 1.80. The number of carbonyl (C=O) groups excluding carboxylic acids is 1. The molecule has 2 heterocycles. The van der Waals surface area contributed by atoms with E-state index in [1.165, 1.54) is 21.3 Å². The van der Waals surface area contributed by atoms with E-state index in [0.29, 0.717) is 37.3 Å². The van der Waals surface area contributed by atoms with Crippen molar-refractivity contribution in [3.05, 3.63) is 58.0 Å². The van der Waals surface area contributed by atoms with Crippen LogP contribution in [0.4, 0.5) is 5.69 Å². The Kier molecular flexibility index (Phi) is 6.02. The Morgan fingerprint density at radius 1 is 1.06 bits per heavy atom. The van der Waals surface area contributed by atoms with Crippen LogP contribution in [0.3, 0.4) is 0 Å². The third-order valence-corrected chi connectivity index (χ3v) is 7.67. The van der Waals surface area contributed by atoms with E-state index in [4.69, 9.17) is 16.3 Å². The van der Waals surface area contributed by atoms with E-state index in [2.05, 4.69) is 0 Å². The molecular formula is C21H23ClN4O5S. The minimum absolute atomic E-state index is 0.0408. The molecule has 1 aromatic heterocycles. The Labute approximate surface area is 190 Å². The van der Waals surface area contributed by atoms with Crippen molar-refractivity contribution in [2.75, 3.05) is 37.2 Å². The summed E-state index contributed by atoms with van der Waals surface area (Å²) in [7, 11) is -0.978. The van der Waals surface area contributed by atoms with Gasteiger partial charge in [-0.2, -0.15) is 0 Å². The average molecular weight is 479 g/mol. The van der Waals surface area contributed by atoms with Crippen LogP contribution in [0.25, 0.3) is 11.0 Å². The number of aromatic nitrogens is 2. The second-order valence-electron chi connectivity index (χ2n) is 7.51. The molecular weight excluding hydrogens is 456 g/mol. The summed E-state index contributed by atoms with van der Waals surface area (Å²) in [6, 6.07) is 10.9. The van der Waals surface area contributed by atoms with Crippen LogP contribution in [0, 0.1) is 0 Å². The van der Waals surface area contributed by atoms with Crippen molar-refractivity contribution in [1.82, 2.24) is 14.0 Å². The Morgan fingerprint density at radius 3 is 2.41 bits per heavy atom. The third kappa shape index (κ3) is 3.89. The average Bonchev–Trinajstić information content (AvgIpc) is 3.02. The van der Waals surface area contributed by atoms with Crippen molar-refractivity contribution in [3.63, 3.8) is 0 Å². The lowest BCUT2D eigenvalue weighted by Gasteiger charge is -2.31. The minimum Gasteiger partial charge on any atom is -0.378 e. The van der Waals surface area contributed by atoms with Gasteiger partial charge in [-0.3, -0.25) is 18.2 Å². The van der Waals surface area contributed by atoms with E-state index in [1.54, 1.807) is 49.3 Å². The molecule has 0 bridgehead atoms. The van der Waals surface area contributed by atoms with Gasteiger partial charge >= 0.3 is 5.69 Å². The third-order valence-electron chi connectivity index (χ3n) is 5.60. The summed E-state index contributed by atoms with van der Waals surface area (Å²) in [5, 5.41) is 0.207. The van der Waals surface area contributed by atoms with E-state index in [9.17, 15) is 18.0 Å². The van der Waals surface area contributed by atoms with Crippen molar-refractivity contribution in [2.45, 2.75) is 4.90 Å². The summed E-state index contributed by atoms with van der Waals surface area (Å²) < 4.78 is 36.6. The molecule has 11 heteroatoms. The number of aryl methyl sites for hydroxylation is 2. The highest BCUT2D eigenvalue weighted by Crippen LogP contribution is 2.31. The van der Waals surface area contributed by atoms with Gasteiger partial charge in [-0.25, -0.2) is 13.2 Å². The zero-order valence-corrected chi connectivity index (χ0v) is 19.3. The normalized spacial score (nSPS) is 14.7. The van der Waals surface area contributed by atoms with Crippen LogP contribution in [0.2, 0.25) is 5.02 Å². The summed E-state index contributed by atoms with van der Waals surface area (Å²) in [5.74, 6) is -0.343. The zero-order chi connectivity index (χ0) is 23.0. The molecule has 1 aliphatic heterocycles. The van der Waals surface area contributed by atoms with Crippen LogP contribution >= 0.6 is 11.6 Å². The largest absolute Gasteiger partial charge is 0.378 e. The van der Waals surface area contributed by atoms with Crippen LogP contribution in [0.5, 0.6) is 0 Å². The highest BCUT2D eigenvalue weighted by Gasteiger charge is 2.31. The molecule has 170 valence electrons. The first-order chi connectivity index (χ1) is 15.2. The van der Waals surface area contributed by atoms with E-state index < -0.39 is 16.6 Å². The molecule has 0 radical (unpaired) electrons. The first kappa shape index (κ1) is 22.4. The number of ether oxygens (including phenoxy) is 1. The molecule has 0 spiro atoms. The van der Waals surface area contributed by atoms with Crippen LogP contribution < -0.4 is 9.99 Å². The minimum atomic E-state index is -4.18. The van der Waals surface area contributed by atoms with E-state index in [1.807, 2.05) is 0 Å². The van der Waals surface area contributed by atoms with Gasteiger partial charge < -0.3 is 9.64 Å². The number of amides is 1. The quantitative estimate of drug-likeness (QED) is 0.555. The van der Waals surface area contributed by atoms with Gasteiger partial charge in [0.1, 0.15) is 6.54 Å². The number of nitrogens with zero attached hydrogens (tertiary/aromatic N) is 4. The molecule has 1 aliphatic rings. The van der Waals surface area contributed by atoms with Crippen molar-refractivity contribution < 1.29 is 17.9 Å². The zero-order valence-electron chi connectivity index (χ0n) is 17.7. The van der Waals surface area contributed by atoms with E-state index in [-0.39, 0.29) is 27.2 Å². The topological polar surface area (TPSA) is 93.8 Å². The molecule has 0 N–H and O–H groups in total. The maximum absolute atomic E-state index is 13.7. The fraction of sp³-hybridized carbons (Fsp3) is 0.333. The van der Waals surface area contributed by atoms with Gasteiger partial charge in [-0.15, -0.1) is 0 Å². The molecule has 0 aliphatic carbocycles. The standard InChI is InChI=1S/C21H23ClN4O5S/c1-23-18-8-7-15(13-19(18)24(2)21(23)28)32(29,30)26(17-6-4-3-5-16(17)22)14-20(27)25-9-11-31-12-10-25/h3-8,13H,9-12,14H2,1-2H3. The van der Waals surface area contributed by atoms with E-state index >= 15 is 0 Å². The number of rotatable bonds is 5. The lowest BCUT2D eigenvalue weighted by Crippen LogP contribution is -2.47. The predicted molar refractivity (Wildman–Crippen MR) is 122 cm³/mol. The smallest absolute Gasteiger partial charge is 0.328 e. The highest BCUT2D eigenvalue weighted by molar-refractivity contribution is 7.92. The number of carbonyl (C=O) groups is 1. The molecule has 4 rings (SSSR count). The van der Waals surface area contributed by atoms with Gasteiger partial charge in [0.05, 0.1) is 39.9 Å². The van der Waals surface area contributed by atoms with Crippen molar-refractivity contribution >= 4 is 44.3 Å². The maximum Gasteiger partial charge on any atom is 0.328 e. The number of anilines is 1. The second kappa shape index (κ2) is 8.61. The SMILES string of the molecule is Cn1c(=O)n(C)c2cc(S(=O)(=O)N(CC(=O)N3CCOCC3)c3ccccc3Cl)ccc21. The number of benzene rings is 2. The number of hydrogen-bond donors (Lipinski definition) is 0. The summed E-state index contributed by atoms with van der Waals surface area (Å²) >= 11 is 6.33. The first-order valence-corrected chi connectivity index (χ1v) is 11.8. The van der Waals surface area contributed by atoms with Crippen LogP contribution in [0.15, 0.2) is 52.2 Å². The summed E-state index contributed by atoms with van der Waals surface area (Å²) in [4.78, 5) is 26.8. The molecule has 9 nitrogen and oxygen atoms in total. The fourth-order valence-corrected chi connectivity index (χ4v) is 5.50. The van der Waals surface area contributed by atoms with Crippen molar-refractivity contribution in [1.29, 1.82) is 0 Å². The second-order valence-corrected chi connectivity index (χ2v) is 9.78. The number of fused-ring (bicyclic) bond motifs is 1. The molecule has 0 unspecified atom stereocenters. The van der Waals surface area contributed by atoms with Gasteiger partial charge in [0.15, 0.2) is 0 Å². The number of imidazole rings is 1. The summed E-state index contributed by atoms with van der Waals surface area (Å²) in [6.07, 6.45) is 0. The Morgan fingerprint density at radius 2 is 1.72 bits per heavy atom. The van der Waals surface area contributed by atoms with Gasteiger partial charge in [-0.1, -0.05) is 23.7 Å². The van der Waals surface area contributed by atoms with Gasteiger partial charge in [0.25, 0.3) is 10.0 Å². The predicted octanol–water partition coefficient (Wildman–Crippen LogP) is 1.58. The summed E-state index contributed by atoms with van der Waals surface area (Å²) in [5.41, 5.74) is 1.01. The molecule has 3 aromatic rings. The highest BCUT2D eigenvalue weighted by atomic mass is 35.5. The van der Waals surface area contributed by atoms with Crippen molar-refractivity contribution in [3.8, 4) is 0 Å². The van der Waals surface area contributed by atoms with Crippen LogP contribution in [0.1, 0.15) is 0 Å². The number of morpholine rings is 1. The summed E-state index contributed by atoms with van der Waals surface area (Å²) in [6.45, 7) is 1.20. The fourth-order valence-electron chi connectivity index (χ4n) is 3.76. The molecule has 0 atom stereocenters. The Hall–Kier alpha value is -2.82. The first-order valence-electron chi connectivity index (χ1n) is 10.00. The Bertz CT molecular complexity index is 1340.